The summed E-state index contributed by atoms with van der Waals surface area (Å²) in [6.07, 6.45) is 4.39. The van der Waals surface area contributed by atoms with E-state index in [0.29, 0.717) is 5.92 Å². The topological polar surface area (TPSA) is 72.2 Å². The number of nitro benzene ring substituents is 1. The molecule has 2 rings (SSSR count). The predicted octanol–water partition coefficient (Wildman–Crippen LogP) is 3.56. The SMILES string of the molecule is C[C@@H]1CCCC[C@H]1NC(=O)c1ccc([N+](=O)[O-])cc1Cl. The summed E-state index contributed by atoms with van der Waals surface area (Å²) in [4.78, 5) is 22.3. The quantitative estimate of drug-likeness (QED) is 0.684. The average molecular weight is 297 g/mol. The molecule has 20 heavy (non-hydrogen) atoms. The van der Waals surface area contributed by atoms with E-state index in [9.17, 15) is 14.9 Å². The van der Waals surface area contributed by atoms with E-state index < -0.39 is 4.92 Å². The van der Waals surface area contributed by atoms with Crippen molar-refractivity contribution in [2.45, 2.75) is 38.6 Å². The maximum Gasteiger partial charge on any atom is 0.270 e. The molecule has 1 aliphatic carbocycles. The van der Waals surface area contributed by atoms with Gasteiger partial charge in [0, 0.05) is 18.2 Å². The molecule has 0 radical (unpaired) electrons. The predicted molar refractivity (Wildman–Crippen MR) is 77.0 cm³/mol. The van der Waals surface area contributed by atoms with E-state index in [2.05, 4.69) is 12.2 Å². The number of carbonyl (C=O) groups is 1. The zero-order chi connectivity index (χ0) is 14.7. The molecule has 1 saturated carbocycles. The number of carbonyl (C=O) groups excluding carboxylic acids is 1. The highest BCUT2D eigenvalue weighted by molar-refractivity contribution is 6.34. The molecular weight excluding hydrogens is 280 g/mol. The molecule has 1 fully saturated rings. The molecule has 1 aromatic carbocycles. The number of benzene rings is 1. The van der Waals surface area contributed by atoms with Gasteiger partial charge in [0.1, 0.15) is 0 Å². The summed E-state index contributed by atoms with van der Waals surface area (Å²) < 4.78 is 0. The molecular formula is C14H17ClN2O3. The summed E-state index contributed by atoms with van der Waals surface area (Å²) in [6, 6.07) is 4.07. The lowest BCUT2D eigenvalue weighted by Crippen LogP contribution is -2.41. The minimum absolute atomic E-state index is 0.111. The highest BCUT2D eigenvalue weighted by Crippen LogP contribution is 2.26. The first-order valence-corrected chi connectivity index (χ1v) is 7.11. The van der Waals surface area contributed by atoms with Crippen LogP contribution in [0.1, 0.15) is 43.0 Å². The van der Waals surface area contributed by atoms with Gasteiger partial charge >= 0.3 is 0 Å². The Morgan fingerprint density at radius 3 is 2.70 bits per heavy atom. The lowest BCUT2D eigenvalue weighted by molar-refractivity contribution is -0.384. The van der Waals surface area contributed by atoms with E-state index in [1.807, 2.05) is 0 Å². The number of nitrogens with one attached hydrogen (secondary N) is 1. The van der Waals surface area contributed by atoms with Crippen molar-refractivity contribution >= 4 is 23.2 Å². The first kappa shape index (κ1) is 14.8. The third-order valence-electron chi connectivity index (χ3n) is 3.84. The molecule has 0 heterocycles. The number of nitro groups is 1. The molecule has 1 aliphatic rings. The fraction of sp³-hybridized carbons (Fsp3) is 0.500. The summed E-state index contributed by atoms with van der Waals surface area (Å²) >= 11 is 5.96. The van der Waals surface area contributed by atoms with Crippen molar-refractivity contribution in [2.75, 3.05) is 0 Å². The van der Waals surface area contributed by atoms with Gasteiger partial charge < -0.3 is 5.32 Å². The second kappa shape index (κ2) is 6.22. The normalized spacial score (nSPS) is 22.3. The number of hydrogen-bond donors (Lipinski definition) is 1. The molecule has 0 aliphatic heterocycles. The van der Waals surface area contributed by atoms with Gasteiger partial charge in [0.25, 0.3) is 11.6 Å². The van der Waals surface area contributed by atoms with Crippen LogP contribution in [0.4, 0.5) is 5.69 Å². The Morgan fingerprint density at radius 1 is 1.40 bits per heavy atom. The van der Waals surface area contributed by atoms with E-state index >= 15 is 0 Å². The van der Waals surface area contributed by atoms with Crippen molar-refractivity contribution in [2.24, 2.45) is 5.92 Å². The zero-order valence-electron chi connectivity index (χ0n) is 11.3. The average Bonchev–Trinajstić information content (AvgIpc) is 2.41. The maximum absolute atomic E-state index is 12.2. The number of rotatable bonds is 3. The van der Waals surface area contributed by atoms with Crippen molar-refractivity contribution in [1.82, 2.24) is 5.32 Å². The van der Waals surface area contributed by atoms with Crippen LogP contribution >= 0.6 is 11.6 Å². The Hall–Kier alpha value is -1.62. The number of amides is 1. The van der Waals surface area contributed by atoms with E-state index in [4.69, 9.17) is 11.6 Å². The molecule has 5 nitrogen and oxygen atoms in total. The van der Waals surface area contributed by atoms with Gasteiger partial charge in [0.05, 0.1) is 15.5 Å². The van der Waals surface area contributed by atoms with Crippen LogP contribution in [0.2, 0.25) is 5.02 Å². The molecule has 1 aromatic rings. The Labute approximate surface area is 122 Å². The van der Waals surface area contributed by atoms with Crippen LogP contribution in [-0.2, 0) is 0 Å². The Balaban J connectivity index is 2.11. The van der Waals surface area contributed by atoms with E-state index in [1.165, 1.54) is 24.6 Å². The molecule has 0 aromatic heterocycles. The van der Waals surface area contributed by atoms with Gasteiger partial charge in [-0.15, -0.1) is 0 Å². The van der Waals surface area contributed by atoms with Gasteiger partial charge in [0.2, 0.25) is 0 Å². The third kappa shape index (κ3) is 3.28. The van der Waals surface area contributed by atoms with Crippen LogP contribution in [0.3, 0.4) is 0 Å². The summed E-state index contributed by atoms with van der Waals surface area (Å²) in [7, 11) is 0. The largest absolute Gasteiger partial charge is 0.349 e. The number of nitrogens with zero attached hydrogens (tertiary/aromatic N) is 1. The van der Waals surface area contributed by atoms with Gasteiger partial charge in [-0.05, 0) is 24.8 Å². The Morgan fingerprint density at radius 2 is 2.10 bits per heavy atom. The van der Waals surface area contributed by atoms with Crippen LogP contribution in [0.25, 0.3) is 0 Å². The van der Waals surface area contributed by atoms with E-state index in [0.717, 1.165) is 19.3 Å². The zero-order valence-corrected chi connectivity index (χ0v) is 12.0. The molecule has 2 atom stereocenters. The van der Waals surface area contributed by atoms with Crippen molar-refractivity contribution < 1.29 is 9.72 Å². The van der Waals surface area contributed by atoms with Gasteiger partial charge in [-0.3, -0.25) is 14.9 Å². The first-order valence-electron chi connectivity index (χ1n) is 6.74. The second-order valence-electron chi connectivity index (χ2n) is 5.26. The van der Waals surface area contributed by atoms with Gasteiger partial charge in [0.15, 0.2) is 0 Å². The summed E-state index contributed by atoms with van der Waals surface area (Å²) in [5.74, 6) is 0.188. The van der Waals surface area contributed by atoms with Crippen LogP contribution in [0.5, 0.6) is 0 Å². The summed E-state index contributed by atoms with van der Waals surface area (Å²) in [6.45, 7) is 2.13. The first-order chi connectivity index (χ1) is 9.49. The molecule has 0 saturated heterocycles. The Kier molecular flexibility index (Phi) is 4.60. The van der Waals surface area contributed by atoms with Gasteiger partial charge in [-0.1, -0.05) is 31.4 Å². The Bertz CT molecular complexity index is 533. The fourth-order valence-electron chi connectivity index (χ4n) is 2.58. The van der Waals surface area contributed by atoms with Crippen molar-refractivity contribution in [1.29, 1.82) is 0 Å². The highest BCUT2D eigenvalue weighted by atomic mass is 35.5. The molecule has 0 bridgehead atoms. The molecule has 1 amide bonds. The van der Waals surface area contributed by atoms with Crippen molar-refractivity contribution in [3.8, 4) is 0 Å². The summed E-state index contributed by atoms with van der Waals surface area (Å²) in [5, 5.41) is 13.7. The third-order valence-corrected chi connectivity index (χ3v) is 4.15. The van der Waals surface area contributed by atoms with E-state index in [-0.39, 0.29) is 28.2 Å². The molecule has 1 N–H and O–H groups in total. The van der Waals surface area contributed by atoms with Crippen LogP contribution in [-0.4, -0.2) is 16.9 Å². The lowest BCUT2D eigenvalue weighted by atomic mass is 9.86. The van der Waals surface area contributed by atoms with Crippen molar-refractivity contribution in [3.63, 3.8) is 0 Å². The van der Waals surface area contributed by atoms with E-state index in [1.54, 1.807) is 0 Å². The molecule has 6 heteroatoms. The van der Waals surface area contributed by atoms with Gasteiger partial charge in [-0.2, -0.15) is 0 Å². The number of halogens is 1. The minimum Gasteiger partial charge on any atom is -0.349 e. The minimum atomic E-state index is -0.531. The van der Waals surface area contributed by atoms with Crippen molar-refractivity contribution in [3.05, 3.63) is 38.9 Å². The van der Waals surface area contributed by atoms with Crippen LogP contribution in [0, 0.1) is 16.0 Å². The van der Waals surface area contributed by atoms with Gasteiger partial charge in [-0.25, -0.2) is 0 Å². The number of non-ortho nitro benzene ring substituents is 1. The standard InChI is InChI=1S/C14H17ClN2O3/c1-9-4-2-3-5-13(9)16-14(18)11-7-6-10(17(19)20)8-12(11)15/h6-9,13H,2-5H2,1H3,(H,16,18)/t9-,13-/m1/s1. The maximum atomic E-state index is 12.2. The second-order valence-corrected chi connectivity index (χ2v) is 5.67. The summed E-state index contributed by atoms with van der Waals surface area (Å²) in [5.41, 5.74) is 0.174. The van der Waals surface area contributed by atoms with Crippen LogP contribution < -0.4 is 5.32 Å². The smallest absolute Gasteiger partial charge is 0.270 e. The number of hydrogen-bond acceptors (Lipinski definition) is 3. The lowest BCUT2D eigenvalue weighted by Gasteiger charge is -2.29. The molecule has 108 valence electrons. The molecule has 0 unspecified atom stereocenters. The molecule has 0 spiro atoms. The monoisotopic (exact) mass is 296 g/mol. The van der Waals surface area contributed by atoms with Crippen LogP contribution in [0.15, 0.2) is 18.2 Å². The highest BCUT2D eigenvalue weighted by Gasteiger charge is 2.24. The fourth-order valence-corrected chi connectivity index (χ4v) is 2.84.